The summed E-state index contributed by atoms with van der Waals surface area (Å²) in [5, 5.41) is 11.7. The Balaban J connectivity index is 1.85. The monoisotopic (exact) mass is 450 g/mol. The molecule has 4 rings (SSSR count). The quantitative estimate of drug-likeness (QED) is 0.369. The number of thiocarbonyl (C=S) groups is 1. The normalized spacial score (nSPS) is 48.2. The second-order valence-electron chi connectivity index (χ2n) is 10.4. The summed E-state index contributed by atoms with van der Waals surface area (Å²) in [6, 6.07) is 0. The lowest BCUT2D eigenvalue weighted by Gasteiger charge is -2.63. The fourth-order valence-electron chi connectivity index (χ4n) is 7.77. The molecule has 0 aliphatic heterocycles. The molecule has 0 aromatic rings. The van der Waals surface area contributed by atoms with E-state index in [-0.39, 0.29) is 41.6 Å². The number of ether oxygens (including phenoxy) is 2. The number of aliphatic hydroxyl groups excluding tert-OH is 1. The average molecular weight is 451 g/mol. The van der Waals surface area contributed by atoms with Gasteiger partial charge >= 0.3 is 5.97 Å². The van der Waals surface area contributed by atoms with Crippen molar-refractivity contribution in [3.63, 3.8) is 0 Å². The van der Waals surface area contributed by atoms with E-state index in [1.807, 2.05) is 32.9 Å². The van der Waals surface area contributed by atoms with Crippen molar-refractivity contribution in [3.8, 4) is 0 Å². The first kappa shape index (κ1) is 22.9. The number of halogens is 1. The van der Waals surface area contributed by atoms with E-state index < -0.39 is 28.2 Å². The number of alkyl halides is 1. The summed E-state index contributed by atoms with van der Waals surface area (Å²) in [4.78, 5) is 12.5. The standard InChI is InChI=1S/C25H35FO4S/c1-6-20(28)30-25(21(31)29-5)15(2)13-18-17-11-10-16-9-7-8-12-22(16,3)24(17,26)19(27)14-23(18,25)4/h8-9,12,15,17-19,27H,6-7,10-11,13-14H2,1-5H3/t15-,17-,18-,19-,22-,23-,24-,25-/m0/s1. The number of carbonyl (C=O) groups excluding carboxylic acids is 1. The molecule has 1 N–H and O–H groups in total. The van der Waals surface area contributed by atoms with Crippen molar-refractivity contribution in [2.75, 3.05) is 7.11 Å². The van der Waals surface area contributed by atoms with Gasteiger partial charge in [0.1, 0.15) is 0 Å². The van der Waals surface area contributed by atoms with Crippen molar-refractivity contribution in [1.29, 1.82) is 0 Å². The number of hydrogen-bond donors (Lipinski definition) is 1. The van der Waals surface area contributed by atoms with Crippen LogP contribution in [-0.2, 0) is 14.3 Å². The molecule has 31 heavy (non-hydrogen) atoms. The van der Waals surface area contributed by atoms with Gasteiger partial charge in [0.25, 0.3) is 0 Å². The second kappa shape index (κ2) is 7.38. The van der Waals surface area contributed by atoms with Gasteiger partial charge in [0, 0.05) is 29.1 Å². The van der Waals surface area contributed by atoms with Crippen molar-refractivity contribution in [2.24, 2.45) is 28.6 Å². The zero-order valence-electron chi connectivity index (χ0n) is 19.2. The third-order valence-corrected chi connectivity index (χ3v) is 9.76. The molecule has 6 heteroatoms. The minimum Gasteiger partial charge on any atom is -0.487 e. The first-order chi connectivity index (χ1) is 14.5. The Morgan fingerprint density at radius 1 is 1.35 bits per heavy atom. The summed E-state index contributed by atoms with van der Waals surface area (Å²) in [6.07, 6.45) is 8.30. The van der Waals surface area contributed by atoms with Crippen molar-refractivity contribution < 1.29 is 23.8 Å². The number of fused-ring (bicyclic) bond motifs is 5. The Morgan fingerprint density at radius 3 is 2.71 bits per heavy atom. The first-order valence-corrected chi connectivity index (χ1v) is 12.0. The van der Waals surface area contributed by atoms with E-state index in [0.29, 0.717) is 12.8 Å². The van der Waals surface area contributed by atoms with Crippen LogP contribution in [0.3, 0.4) is 0 Å². The summed E-state index contributed by atoms with van der Waals surface area (Å²) in [7, 11) is 1.50. The molecule has 4 aliphatic rings. The number of allylic oxidation sites excluding steroid dienone is 4. The van der Waals surface area contributed by atoms with Crippen LogP contribution in [0.5, 0.6) is 0 Å². The van der Waals surface area contributed by atoms with Gasteiger partial charge in [-0.2, -0.15) is 0 Å². The SMILES string of the molecule is CCC(=O)O[C@]1(C(=S)OC)[C@@H](C)C[C@H]2[C@@H]3CCC4=CCC=C[C@]4(C)[C@@]3(F)[C@@H](O)C[C@@]21C. The molecule has 3 saturated carbocycles. The largest absolute Gasteiger partial charge is 0.487 e. The van der Waals surface area contributed by atoms with Crippen LogP contribution in [0.2, 0.25) is 0 Å². The average Bonchev–Trinajstić information content (AvgIpc) is 2.95. The molecule has 0 amide bonds. The van der Waals surface area contributed by atoms with E-state index in [4.69, 9.17) is 21.7 Å². The Hall–Kier alpha value is -1.27. The van der Waals surface area contributed by atoms with Crippen LogP contribution in [0.15, 0.2) is 23.8 Å². The molecule has 0 aromatic heterocycles. The number of aliphatic hydroxyl groups is 1. The maximum Gasteiger partial charge on any atom is 0.306 e. The molecule has 4 aliphatic carbocycles. The highest BCUT2D eigenvalue weighted by molar-refractivity contribution is 7.80. The van der Waals surface area contributed by atoms with E-state index in [0.717, 1.165) is 18.4 Å². The van der Waals surface area contributed by atoms with Gasteiger partial charge < -0.3 is 14.6 Å². The fourth-order valence-corrected chi connectivity index (χ4v) is 8.24. The van der Waals surface area contributed by atoms with E-state index in [1.54, 1.807) is 6.92 Å². The van der Waals surface area contributed by atoms with Crippen LogP contribution in [0.1, 0.15) is 66.2 Å². The Kier molecular flexibility index (Phi) is 5.45. The lowest BCUT2D eigenvalue weighted by molar-refractivity contribution is -0.218. The van der Waals surface area contributed by atoms with Crippen molar-refractivity contribution in [1.82, 2.24) is 0 Å². The van der Waals surface area contributed by atoms with E-state index in [1.165, 1.54) is 7.11 Å². The lowest BCUT2D eigenvalue weighted by atomic mass is 9.45. The summed E-state index contributed by atoms with van der Waals surface area (Å²) in [5.74, 6) is -0.916. The number of carbonyl (C=O) groups is 1. The van der Waals surface area contributed by atoms with Gasteiger partial charge in [0.05, 0.1) is 13.2 Å². The minimum atomic E-state index is -1.77. The van der Waals surface area contributed by atoms with Crippen LogP contribution < -0.4 is 0 Å². The van der Waals surface area contributed by atoms with Gasteiger partial charge in [-0.1, -0.05) is 44.6 Å². The summed E-state index contributed by atoms with van der Waals surface area (Å²) in [6.45, 7) is 7.72. The topological polar surface area (TPSA) is 55.8 Å². The summed E-state index contributed by atoms with van der Waals surface area (Å²) >= 11 is 5.64. The van der Waals surface area contributed by atoms with Gasteiger partial charge in [0.15, 0.2) is 11.3 Å². The van der Waals surface area contributed by atoms with Crippen molar-refractivity contribution >= 4 is 23.2 Å². The van der Waals surface area contributed by atoms with Crippen molar-refractivity contribution in [2.45, 2.75) is 83.6 Å². The third kappa shape index (κ3) is 2.67. The van der Waals surface area contributed by atoms with Gasteiger partial charge in [-0.25, -0.2) is 4.39 Å². The second-order valence-corrected chi connectivity index (χ2v) is 10.8. The van der Waals surface area contributed by atoms with Gasteiger partial charge in [0.2, 0.25) is 5.05 Å². The van der Waals surface area contributed by atoms with E-state index >= 15 is 4.39 Å². The first-order valence-electron chi connectivity index (χ1n) is 11.6. The summed E-state index contributed by atoms with van der Waals surface area (Å²) in [5.41, 5.74) is -3.35. The van der Waals surface area contributed by atoms with Crippen LogP contribution in [0.25, 0.3) is 0 Å². The molecule has 0 bridgehead atoms. The maximum absolute atomic E-state index is 17.2. The van der Waals surface area contributed by atoms with Crippen LogP contribution in [0.4, 0.5) is 4.39 Å². The zero-order chi connectivity index (χ0) is 22.8. The Bertz CT molecular complexity index is 854. The molecule has 0 radical (unpaired) electrons. The molecule has 0 unspecified atom stereocenters. The smallest absolute Gasteiger partial charge is 0.306 e. The highest BCUT2D eigenvalue weighted by Gasteiger charge is 2.76. The molecule has 0 heterocycles. The van der Waals surface area contributed by atoms with Gasteiger partial charge in [-0.3, -0.25) is 4.79 Å². The highest BCUT2D eigenvalue weighted by Crippen LogP contribution is 2.71. The molecule has 8 atom stereocenters. The minimum absolute atomic E-state index is 0.0812. The lowest BCUT2D eigenvalue weighted by Crippen LogP contribution is -2.69. The molecule has 0 spiro atoms. The predicted molar refractivity (Wildman–Crippen MR) is 121 cm³/mol. The van der Waals surface area contributed by atoms with Gasteiger partial charge in [-0.15, -0.1) is 0 Å². The Morgan fingerprint density at radius 2 is 2.06 bits per heavy atom. The van der Waals surface area contributed by atoms with Crippen LogP contribution in [-0.4, -0.2) is 40.6 Å². The van der Waals surface area contributed by atoms with Crippen LogP contribution >= 0.6 is 12.2 Å². The number of methoxy groups -OCH3 is 1. The predicted octanol–water partition coefficient (Wildman–Crippen LogP) is 5.09. The molecular weight excluding hydrogens is 415 g/mol. The van der Waals surface area contributed by atoms with Gasteiger partial charge in [-0.05, 0) is 57.2 Å². The highest BCUT2D eigenvalue weighted by atomic mass is 32.1. The summed E-state index contributed by atoms with van der Waals surface area (Å²) < 4.78 is 28.9. The number of esters is 1. The molecule has 0 saturated heterocycles. The van der Waals surface area contributed by atoms with E-state index in [2.05, 4.69) is 6.08 Å². The maximum atomic E-state index is 17.2. The van der Waals surface area contributed by atoms with Crippen LogP contribution in [0, 0.1) is 28.6 Å². The molecule has 0 aromatic carbocycles. The molecule has 172 valence electrons. The molecular formula is C25H35FO4S. The fraction of sp³-hybridized carbons (Fsp3) is 0.760. The number of hydrogen-bond acceptors (Lipinski definition) is 5. The zero-order valence-corrected chi connectivity index (χ0v) is 20.1. The van der Waals surface area contributed by atoms with Crippen molar-refractivity contribution in [3.05, 3.63) is 23.8 Å². The molecule has 4 nitrogen and oxygen atoms in total. The molecule has 3 fully saturated rings. The number of rotatable bonds is 3. The third-order valence-electron chi connectivity index (χ3n) is 9.29. The van der Waals surface area contributed by atoms with E-state index in [9.17, 15) is 9.90 Å². The Labute approximate surface area is 190 Å².